The van der Waals surface area contributed by atoms with Crippen molar-refractivity contribution in [2.24, 2.45) is 0 Å². The van der Waals surface area contributed by atoms with Gasteiger partial charge in [0.2, 0.25) is 10.0 Å². The molecule has 0 bridgehead atoms. The molecule has 0 radical (unpaired) electrons. The SMILES string of the molecule is O=C(COc1ccc2ccccc2c1)Nc1ccc(Cl)c(N2CCCS2(=O)=O)c1. The Bertz CT molecular complexity index is 1180. The lowest BCUT2D eigenvalue weighted by molar-refractivity contribution is -0.118. The van der Waals surface area contributed by atoms with E-state index in [2.05, 4.69) is 5.32 Å². The molecule has 3 aromatic carbocycles. The Balaban J connectivity index is 1.43. The van der Waals surface area contributed by atoms with Gasteiger partial charge in [0.1, 0.15) is 5.75 Å². The van der Waals surface area contributed by atoms with Gasteiger partial charge < -0.3 is 10.1 Å². The summed E-state index contributed by atoms with van der Waals surface area (Å²) < 4.78 is 31.2. The number of hydrogen-bond donors (Lipinski definition) is 1. The fourth-order valence-electron chi connectivity index (χ4n) is 3.29. The number of anilines is 2. The average Bonchev–Trinajstić information content (AvgIpc) is 3.06. The average molecular weight is 431 g/mol. The van der Waals surface area contributed by atoms with Crippen LogP contribution in [0.2, 0.25) is 5.02 Å². The second-order valence-electron chi connectivity index (χ2n) is 6.75. The van der Waals surface area contributed by atoms with Crippen molar-refractivity contribution >= 4 is 49.7 Å². The molecule has 0 aromatic heterocycles. The van der Waals surface area contributed by atoms with Crippen molar-refractivity contribution in [1.82, 2.24) is 0 Å². The zero-order valence-electron chi connectivity index (χ0n) is 15.5. The molecule has 29 heavy (non-hydrogen) atoms. The maximum absolute atomic E-state index is 12.3. The van der Waals surface area contributed by atoms with Crippen molar-refractivity contribution in [3.63, 3.8) is 0 Å². The van der Waals surface area contributed by atoms with Gasteiger partial charge >= 0.3 is 0 Å². The van der Waals surface area contributed by atoms with Crippen LogP contribution in [0.4, 0.5) is 11.4 Å². The van der Waals surface area contributed by atoms with Crippen LogP contribution >= 0.6 is 11.6 Å². The largest absolute Gasteiger partial charge is 0.484 e. The molecule has 6 nitrogen and oxygen atoms in total. The molecule has 1 saturated heterocycles. The summed E-state index contributed by atoms with van der Waals surface area (Å²) in [5.74, 6) is 0.342. The fourth-order valence-corrected chi connectivity index (χ4v) is 5.14. The number of hydrogen-bond acceptors (Lipinski definition) is 4. The molecule has 0 spiro atoms. The summed E-state index contributed by atoms with van der Waals surface area (Å²) in [5.41, 5.74) is 0.830. The molecule has 3 aromatic rings. The van der Waals surface area contributed by atoms with Crippen LogP contribution in [-0.4, -0.2) is 33.2 Å². The Morgan fingerprint density at radius 1 is 1.07 bits per heavy atom. The summed E-state index contributed by atoms with van der Waals surface area (Å²) in [5, 5.41) is 5.16. The third-order valence-corrected chi connectivity index (χ3v) is 6.86. The highest BCUT2D eigenvalue weighted by atomic mass is 35.5. The number of halogens is 1. The number of ether oxygens (including phenoxy) is 1. The lowest BCUT2D eigenvalue weighted by Gasteiger charge is -2.19. The minimum atomic E-state index is -3.36. The molecule has 0 atom stereocenters. The molecule has 4 rings (SSSR count). The van der Waals surface area contributed by atoms with Crippen LogP contribution in [-0.2, 0) is 14.8 Å². The molecule has 0 saturated carbocycles. The van der Waals surface area contributed by atoms with Crippen LogP contribution in [0, 0.1) is 0 Å². The van der Waals surface area contributed by atoms with Gasteiger partial charge in [-0.05, 0) is 47.5 Å². The maximum Gasteiger partial charge on any atom is 0.262 e. The first-order valence-corrected chi connectivity index (χ1v) is 11.1. The van der Waals surface area contributed by atoms with Crippen molar-refractivity contribution in [3.8, 4) is 5.75 Å². The summed E-state index contributed by atoms with van der Waals surface area (Å²) in [6.45, 7) is 0.211. The molecule has 1 N–H and O–H groups in total. The third-order valence-electron chi connectivity index (χ3n) is 4.69. The molecule has 8 heteroatoms. The first-order chi connectivity index (χ1) is 13.9. The van der Waals surface area contributed by atoms with E-state index in [1.807, 2.05) is 42.5 Å². The number of nitrogens with one attached hydrogen (secondary N) is 1. The van der Waals surface area contributed by atoms with Crippen LogP contribution in [0.15, 0.2) is 60.7 Å². The van der Waals surface area contributed by atoms with E-state index in [0.717, 1.165) is 10.8 Å². The third kappa shape index (κ3) is 4.31. The minimum Gasteiger partial charge on any atom is -0.484 e. The maximum atomic E-state index is 12.3. The smallest absolute Gasteiger partial charge is 0.262 e. The number of sulfonamides is 1. The topological polar surface area (TPSA) is 75.7 Å². The van der Waals surface area contributed by atoms with E-state index in [1.54, 1.807) is 18.2 Å². The van der Waals surface area contributed by atoms with Gasteiger partial charge in [-0.3, -0.25) is 9.10 Å². The predicted molar refractivity (Wildman–Crippen MR) is 115 cm³/mol. The van der Waals surface area contributed by atoms with Crippen molar-refractivity contribution in [1.29, 1.82) is 0 Å². The molecule has 150 valence electrons. The van der Waals surface area contributed by atoms with Crippen molar-refractivity contribution in [2.45, 2.75) is 6.42 Å². The Morgan fingerprint density at radius 2 is 1.86 bits per heavy atom. The molecule has 1 amide bonds. The zero-order valence-corrected chi connectivity index (χ0v) is 17.0. The van der Waals surface area contributed by atoms with Gasteiger partial charge in [0.15, 0.2) is 6.61 Å². The van der Waals surface area contributed by atoms with Gasteiger partial charge in [-0.1, -0.05) is 41.9 Å². The standard InChI is InChI=1S/C21H19ClN2O4S/c22-19-9-7-17(13-20(19)24-10-3-11-29(24,26)27)23-21(25)14-28-18-8-6-15-4-1-2-5-16(15)12-18/h1-2,4-9,12-13H,3,10-11,14H2,(H,23,25). The number of carbonyl (C=O) groups is 1. The quantitative estimate of drug-likeness (QED) is 0.662. The summed E-state index contributed by atoms with van der Waals surface area (Å²) >= 11 is 6.19. The van der Waals surface area contributed by atoms with Crippen molar-refractivity contribution < 1.29 is 17.9 Å². The number of amides is 1. The number of fused-ring (bicyclic) bond motifs is 1. The van der Waals surface area contributed by atoms with Crippen LogP contribution in [0.5, 0.6) is 5.75 Å². The first-order valence-electron chi connectivity index (χ1n) is 9.14. The highest BCUT2D eigenvalue weighted by Crippen LogP contribution is 2.33. The second-order valence-corrected chi connectivity index (χ2v) is 9.17. The number of carbonyl (C=O) groups excluding carboxylic acids is 1. The van der Waals surface area contributed by atoms with Gasteiger partial charge in [-0.2, -0.15) is 0 Å². The Morgan fingerprint density at radius 3 is 2.62 bits per heavy atom. The minimum absolute atomic E-state index is 0.0967. The van der Waals surface area contributed by atoms with Crippen molar-refractivity contribution in [3.05, 3.63) is 65.7 Å². The summed E-state index contributed by atoms with van der Waals surface area (Å²) in [6, 6.07) is 18.3. The zero-order chi connectivity index (χ0) is 20.4. The number of nitrogens with zero attached hydrogens (tertiary/aromatic N) is 1. The van der Waals surface area contributed by atoms with Crippen LogP contribution in [0.3, 0.4) is 0 Å². The van der Waals surface area contributed by atoms with Gasteiger partial charge in [0, 0.05) is 12.2 Å². The molecule has 1 heterocycles. The molecular formula is C21H19ClN2O4S. The molecule has 0 aliphatic carbocycles. The summed E-state index contributed by atoms with van der Waals surface area (Å²) in [6.07, 6.45) is 0.550. The van der Waals surface area contributed by atoms with Crippen molar-refractivity contribution in [2.75, 3.05) is 28.5 Å². The van der Waals surface area contributed by atoms with Gasteiger partial charge in [-0.25, -0.2) is 8.42 Å². The summed E-state index contributed by atoms with van der Waals surface area (Å²) in [4.78, 5) is 12.3. The Hall–Kier alpha value is -2.77. The van der Waals surface area contributed by atoms with Gasteiger partial charge in [0.05, 0.1) is 16.5 Å². The molecule has 1 aliphatic heterocycles. The van der Waals surface area contributed by atoms with Crippen LogP contribution in [0.25, 0.3) is 10.8 Å². The Kier molecular flexibility index (Phi) is 5.34. The highest BCUT2D eigenvalue weighted by Gasteiger charge is 2.30. The Labute approximate surface area is 174 Å². The van der Waals surface area contributed by atoms with E-state index < -0.39 is 10.0 Å². The molecule has 1 fully saturated rings. The molecular weight excluding hydrogens is 412 g/mol. The number of benzene rings is 3. The monoisotopic (exact) mass is 430 g/mol. The van der Waals surface area contributed by atoms with Gasteiger partial charge in [-0.15, -0.1) is 0 Å². The summed E-state index contributed by atoms with van der Waals surface area (Å²) in [7, 11) is -3.36. The fraction of sp³-hybridized carbons (Fsp3) is 0.190. The second kappa shape index (κ2) is 7.93. The van der Waals surface area contributed by atoms with E-state index in [4.69, 9.17) is 16.3 Å². The van der Waals surface area contributed by atoms with E-state index in [9.17, 15) is 13.2 Å². The molecule has 0 unspecified atom stereocenters. The lowest BCUT2D eigenvalue weighted by atomic mass is 10.1. The molecule has 1 aliphatic rings. The van der Waals surface area contributed by atoms with E-state index >= 15 is 0 Å². The normalized spacial score (nSPS) is 15.4. The van der Waals surface area contributed by atoms with E-state index in [0.29, 0.717) is 35.1 Å². The number of rotatable bonds is 5. The van der Waals surface area contributed by atoms with Crippen LogP contribution < -0.4 is 14.4 Å². The van der Waals surface area contributed by atoms with E-state index in [1.165, 1.54) is 4.31 Å². The van der Waals surface area contributed by atoms with E-state index in [-0.39, 0.29) is 18.3 Å². The lowest BCUT2D eigenvalue weighted by Crippen LogP contribution is -2.26. The predicted octanol–water partition coefficient (Wildman–Crippen LogP) is 4.05. The highest BCUT2D eigenvalue weighted by molar-refractivity contribution is 7.93. The van der Waals surface area contributed by atoms with Gasteiger partial charge in [0.25, 0.3) is 5.91 Å². The van der Waals surface area contributed by atoms with Crippen LogP contribution in [0.1, 0.15) is 6.42 Å². The first kappa shape index (κ1) is 19.5.